The lowest BCUT2D eigenvalue weighted by molar-refractivity contribution is -0.169. The second kappa shape index (κ2) is 6.81. The lowest BCUT2D eigenvalue weighted by Gasteiger charge is -2.27. The molecule has 1 fully saturated rings. The first-order valence-electron chi connectivity index (χ1n) is 8.58. The van der Waals surface area contributed by atoms with Gasteiger partial charge in [0.15, 0.2) is 0 Å². The number of fused-ring (bicyclic) bond motifs is 1. The number of nitrogens with zero attached hydrogens (tertiary/aromatic N) is 4. The molecule has 1 amide bonds. The van der Waals surface area contributed by atoms with Crippen molar-refractivity contribution in [2.24, 2.45) is 0 Å². The maximum absolute atomic E-state index is 13.8. The number of halogens is 4. The van der Waals surface area contributed by atoms with Gasteiger partial charge >= 0.3 is 6.18 Å². The van der Waals surface area contributed by atoms with Gasteiger partial charge in [-0.05, 0) is 37.1 Å². The van der Waals surface area contributed by atoms with E-state index < -0.39 is 23.9 Å². The van der Waals surface area contributed by atoms with Gasteiger partial charge in [-0.2, -0.15) is 13.2 Å². The summed E-state index contributed by atoms with van der Waals surface area (Å²) in [6, 6.07) is 3.21. The average Bonchev–Trinajstić information content (AvgIpc) is 3.18. The van der Waals surface area contributed by atoms with E-state index in [0.717, 1.165) is 11.0 Å². The molecule has 0 N–H and O–H groups in total. The Hall–Kier alpha value is -3.10. The van der Waals surface area contributed by atoms with E-state index in [9.17, 15) is 22.4 Å². The summed E-state index contributed by atoms with van der Waals surface area (Å²) >= 11 is 0. The maximum atomic E-state index is 13.8. The summed E-state index contributed by atoms with van der Waals surface area (Å²) in [4.78, 5) is 26.0. The van der Waals surface area contributed by atoms with Gasteiger partial charge in [0.05, 0.1) is 16.8 Å². The quantitative estimate of drug-likeness (QED) is 0.621. The molecule has 0 radical (unpaired) electrons. The molecule has 1 saturated heterocycles. The molecule has 0 bridgehead atoms. The molecule has 2 aromatic heterocycles. The van der Waals surface area contributed by atoms with Crippen LogP contribution in [0.2, 0.25) is 0 Å². The lowest BCUT2D eigenvalue weighted by Crippen LogP contribution is -2.44. The van der Waals surface area contributed by atoms with Crippen LogP contribution in [0.25, 0.3) is 22.2 Å². The van der Waals surface area contributed by atoms with Crippen molar-refractivity contribution in [3.05, 3.63) is 54.4 Å². The minimum absolute atomic E-state index is 0.00801. The first-order valence-corrected chi connectivity index (χ1v) is 8.58. The van der Waals surface area contributed by atoms with Crippen LogP contribution in [0.5, 0.6) is 0 Å². The molecular formula is C19H14F4N4O. The monoisotopic (exact) mass is 390 g/mol. The highest BCUT2D eigenvalue weighted by atomic mass is 19.4. The molecule has 1 aliphatic rings. The van der Waals surface area contributed by atoms with E-state index in [0.29, 0.717) is 16.8 Å². The molecule has 1 aliphatic heterocycles. The molecule has 1 unspecified atom stereocenters. The predicted molar refractivity (Wildman–Crippen MR) is 92.8 cm³/mol. The van der Waals surface area contributed by atoms with Crippen LogP contribution < -0.4 is 0 Å². The van der Waals surface area contributed by atoms with Gasteiger partial charge in [0.25, 0.3) is 5.91 Å². The standard InChI is InChI=1S/C19H14F4N4O/c20-12-3-4-15-13(6-12)14(7-16(26-15)11-8-24-10-25-9-11)18(28)27-5-1-2-17(27)19(21,22)23/h3-4,6-10,17H,1-2,5H2. The molecule has 0 saturated carbocycles. The summed E-state index contributed by atoms with van der Waals surface area (Å²) in [5.41, 5.74) is 1.09. The van der Waals surface area contributed by atoms with Gasteiger partial charge in [-0.25, -0.2) is 19.3 Å². The maximum Gasteiger partial charge on any atom is 0.408 e. The summed E-state index contributed by atoms with van der Waals surface area (Å²) in [5.74, 6) is -1.40. The number of likely N-dealkylation sites (tertiary alicyclic amines) is 1. The largest absolute Gasteiger partial charge is 0.408 e. The molecule has 0 spiro atoms. The van der Waals surface area contributed by atoms with Gasteiger partial charge in [-0.3, -0.25) is 4.79 Å². The van der Waals surface area contributed by atoms with Gasteiger partial charge < -0.3 is 4.90 Å². The molecule has 1 atom stereocenters. The molecule has 3 heterocycles. The summed E-state index contributed by atoms with van der Waals surface area (Å²) < 4.78 is 53.8. The van der Waals surface area contributed by atoms with Crippen molar-refractivity contribution >= 4 is 16.8 Å². The fourth-order valence-electron chi connectivity index (χ4n) is 3.46. The number of alkyl halides is 3. The first-order chi connectivity index (χ1) is 13.3. The molecule has 9 heteroatoms. The summed E-state index contributed by atoms with van der Waals surface area (Å²) in [6.07, 6.45) is -0.125. The smallest absolute Gasteiger partial charge is 0.327 e. The van der Waals surface area contributed by atoms with Gasteiger partial charge in [0.1, 0.15) is 18.2 Å². The van der Waals surface area contributed by atoms with E-state index in [1.54, 1.807) is 0 Å². The lowest BCUT2D eigenvalue weighted by atomic mass is 10.0. The number of amides is 1. The third-order valence-electron chi connectivity index (χ3n) is 4.75. The number of hydrogen-bond acceptors (Lipinski definition) is 4. The Bertz CT molecular complexity index is 1040. The van der Waals surface area contributed by atoms with E-state index in [1.807, 2.05) is 0 Å². The van der Waals surface area contributed by atoms with Crippen LogP contribution >= 0.6 is 0 Å². The Kier molecular flexibility index (Phi) is 4.44. The zero-order chi connectivity index (χ0) is 19.9. The number of benzene rings is 1. The van der Waals surface area contributed by atoms with Crippen LogP contribution in [0, 0.1) is 5.82 Å². The highest BCUT2D eigenvalue weighted by Crippen LogP contribution is 2.35. The van der Waals surface area contributed by atoms with E-state index in [1.165, 1.54) is 36.9 Å². The van der Waals surface area contributed by atoms with Crippen LogP contribution in [-0.2, 0) is 0 Å². The molecule has 4 rings (SSSR count). The molecule has 0 aliphatic carbocycles. The van der Waals surface area contributed by atoms with Crippen LogP contribution in [0.15, 0.2) is 43.0 Å². The topological polar surface area (TPSA) is 59.0 Å². The Morgan fingerprint density at radius 1 is 1.14 bits per heavy atom. The third-order valence-corrected chi connectivity index (χ3v) is 4.75. The fraction of sp³-hybridized carbons (Fsp3) is 0.263. The number of carbonyl (C=O) groups is 1. The first kappa shape index (κ1) is 18.3. The number of carbonyl (C=O) groups excluding carboxylic acids is 1. The van der Waals surface area contributed by atoms with Crippen molar-refractivity contribution in [1.29, 1.82) is 0 Å². The Morgan fingerprint density at radius 2 is 1.89 bits per heavy atom. The van der Waals surface area contributed by atoms with E-state index >= 15 is 0 Å². The van der Waals surface area contributed by atoms with E-state index in [4.69, 9.17) is 0 Å². The third kappa shape index (κ3) is 3.28. The van der Waals surface area contributed by atoms with Crippen LogP contribution in [-0.4, -0.2) is 44.5 Å². The normalized spacial score (nSPS) is 17.3. The van der Waals surface area contributed by atoms with Crippen molar-refractivity contribution in [3.63, 3.8) is 0 Å². The van der Waals surface area contributed by atoms with Crippen LogP contribution in [0.1, 0.15) is 23.2 Å². The minimum atomic E-state index is -4.52. The number of pyridine rings is 1. The van der Waals surface area contributed by atoms with Gasteiger partial charge in [0.2, 0.25) is 0 Å². The van der Waals surface area contributed by atoms with E-state index in [2.05, 4.69) is 15.0 Å². The fourth-order valence-corrected chi connectivity index (χ4v) is 3.46. The van der Waals surface area contributed by atoms with E-state index in [-0.39, 0.29) is 30.3 Å². The number of aromatic nitrogens is 3. The Labute approximate surface area is 157 Å². The van der Waals surface area contributed by atoms with Gasteiger partial charge in [0, 0.05) is 29.9 Å². The van der Waals surface area contributed by atoms with Crippen molar-refractivity contribution in [1.82, 2.24) is 19.9 Å². The molecular weight excluding hydrogens is 376 g/mol. The minimum Gasteiger partial charge on any atom is -0.327 e. The van der Waals surface area contributed by atoms with Crippen molar-refractivity contribution in [3.8, 4) is 11.3 Å². The van der Waals surface area contributed by atoms with Gasteiger partial charge in [-0.1, -0.05) is 0 Å². The second-order valence-corrected chi connectivity index (χ2v) is 6.54. The van der Waals surface area contributed by atoms with Crippen LogP contribution in [0.3, 0.4) is 0 Å². The highest BCUT2D eigenvalue weighted by Gasteiger charge is 2.48. The van der Waals surface area contributed by atoms with Crippen molar-refractivity contribution in [2.75, 3.05) is 6.54 Å². The SMILES string of the molecule is O=C(c1cc(-c2cncnc2)nc2ccc(F)cc12)N1CCCC1C(F)(F)F. The zero-order valence-electron chi connectivity index (χ0n) is 14.4. The summed E-state index contributed by atoms with van der Waals surface area (Å²) in [6.45, 7) is -0.00801. The van der Waals surface area contributed by atoms with Gasteiger partial charge in [-0.15, -0.1) is 0 Å². The highest BCUT2D eigenvalue weighted by molar-refractivity contribution is 6.07. The van der Waals surface area contributed by atoms with Crippen LogP contribution in [0.4, 0.5) is 17.6 Å². The molecule has 1 aromatic carbocycles. The average molecular weight is 390 g/mol. The molecule has 28 heavy (non-hydrogen) atoms. The summed E-state index contributed by atoms with van der Waals surface area (Å²) in [7, 11) is 0. The summed E-state index contributed by atoms with van der Waals surface area (Å²) in [5, 5.41) is 0.165. The predicted octanol–water partition coefficient (Wildman–Crippen LogP) is 4.00. The molecule has 3 aromatic rings. The Morgan fingerprint density at radius 3 is 2.61 bits per heavy atom. The zero-order valence-corrected chi connectivity index (χ0v) is 14.4. The number of hydrogen-bond donors (Lipinski definition) is 0. The van der Waals surface area contributed by atoms with Crippen molar-refractivity contribution < 1.29 is 22.4 Å². The number of rotatable bonds is 2. The Balaban J connectivity index is 1.87. The molecule has 144 valence electrons. The second-order valence-electron chi connectivity index (χ2n) is 6.54. The van der Waals surface area contributed by atoms with Crippen molar-refractivity contribution in [2.45, 2.75) is 25.1 Å². The molecule has 5 nitrogen and oxygen atoms in total.